The summed E-state index contributed by atoms with van der Waals surface area (Å²) in [6.45, 7) is 8.51. The van der Waals surface area contributed by atoms with Crippen LogP contribution in [0.5, 0.6) is 0 Å². The molecule has 0 spiro atoms. The quantitative estimate of drug-likeness (QED) is 0.640. The number of urea groups is 1. The Kier molecular flexibility index (Phi) is 5.53. The summed E-state index contributed by atoms with van der Waals surface area (Å²) in [7, 11) is 0. The molecule has 0 rings (SSSR count). The summed E-state index contributed by atoms with van der Waals surface area (Å²) in [5, 5.41) is 5.75. The van der Waals surface area contributed by atoms with Crippen LogP contribution >= 0.6 is 0 Å². The standard InChI is InChI=1S/C10H23N3O/c1-5-8(6-7-11)12-9(14)13-10(2,3)4/h8H,5-7,11H2,1-4H3,(H2,12,13,14). The molecule has 1 unspecified atom stereocenters. The third-order valence-electron chi connectivity index (χ3n) is 1.83. The van der Waals surface area contributed by atoms with Gasteiger partial charge in [0, 0.05) is 11.6 Å². The molecule has 0 saturated heterocycles. The van der Waals surface area contributed by atoms with Gasteiger partial charge in [0.1, 0.15) is 0 Å². The Bertz CT molecular complexity index is 175. The van der Waals surface area contributed by atoms with E-state index in [-0.39, 0.29) is 17.6 Å². The van der Waals surface area contributed by atoms with E-state index in [1.807, 2.05) is 27.7 Å². The predicted octanol–water partition coefficient (Wildman–Crippen LogP) is 1.21. The van der Waals surface area contributed by atoms with Gasteiger partial charge >= 0.3 is 6.03 Å². The molecule has 0 aliphatic rings. The minimum Gasteiger partial charge on any atom is -0.335 e. The molecule has 0 bridgehead atoms. The maximum atomic E-state index is 11.4. The summed E-state index contributed by atoms with van der Waals surface area (Å²) in [4.78, 5) is 11.4. The molecule has 14 heavy (non-hydrogen) atoms. The van der Waals surface area contributed by atoms with E-state index in [4.69, 9.17) is 5.73 Å². The van der Waals surface area contributed by atoms with E-state index in [0.29, 0.717) is 6.54 Å². The third kappa shape index (κ3) is 6.71. The lowest BCUT2D eigenvalue weighted by molar-refractivity contribution is 0.227. The van der Waals surface area contributed by atoms with Crippen LogP contribution in [0.2, 0.25) is 0 Å². The highest BCUT2D eigenvalue weighted by molar-refractivity contribution is 5.74. The molecular weight excluding hydrogens is 178 g/mol. The van der Waals surface area contributed by atoms with E-state index >= 15 is 0 Å². The molecule has 0 aliphatic carbocycles. The molecule has 0 aromatic carbocycles. The summed E-state index contributed by atoms with van der Waals surface area (Å²) < 4.78 is 0. The highest BCUT2D eigenvalue weighted by Crippen LogP contribution is 2.00. The van der Waals surface area contributed by atoms with Gasteiger partial charge in [-0.05, 0) is 40.2 Å². The van der Waals surface area contributed by atoms with Crippen molar-refractivity contribution >= 4 is 6.03 Å². The second-order valence-corrected chi connectivity index (χ2v) is 4.53. The van der Waals surface area contributed by atoms with Crippen LogP contribution in [0, 0.1) is 0 Å². The molecule has 4 N–H and O–H groups in total. The topological polar surface area (TPSA) is 67.1 Å². The number of nitrogens with two attached hydrogens (primary N) is 1. The molecule has 0 heterocycles. The van der Waals surface area contributed by atoms with Gasteiger partial charge in [0.2, 0.25) is 0 Å². The monoisotopic (exact) mass is 201 g/mol. The van der Waals surface area contributed by atoms with Crippen LogP contribution in [0.25, 0.3) is 0 Å². The smallest absolute Gasteiger partial charge is 0.315 e. The van der Waals surface area contributed by atoms with Gasteiger partial charge in [-0.1, -0.05) is 6.92 Å². The van der Waals surface area contributed by atoms with Crippen molar-refractivity contribution in [3.8, 4) is 0 Å². The minimum atomic E-state index is -0.189. The summed E-state index contributed by atoms with van der Waals surface area (Å²) in [6, 6.07) is 0.0696. The van der Waals surface area contributed by atoms with Crippen LogP contribution in [0.4, 0.5) is 4.79 Å². The van der Waals surface area contributed by atoms with Gasteiger partial charge in [-0.25, -0.2) is 4.79 Å². The van der Waals surface area contributed by atoms with Crippen molar-refractivity contribution in [3.63, 3.8) is 0 Å². The maximum Gasteiger partial charge on any atom is 0.315 e. The van der Waals surface area contributed by atoms with Crippen molar-refractivity contribution in [2.45, 2.75) is 52.1 Å². The van der Waals surface area contributed by atoms with E-state index in [1.54, 1.807) is 0 Å². The largest absolute Gasteiger partial charge is 0.335 e. The first-order valence-electron chi connectivity index (χ1n) is 5.17. The Hall–Kier alpha value is -0.770. The second kappa shape index (κ2) is 5.86. The van der Waals surface area contributed by atoms with Crippen LogP contribution in [0.15, 0.2) is 0 Å². The zero-order valence-electron chi connectivity index (χ0n) is 9.68. The zero-order valence-corrected chi connectivity index (χ0v) is 9.68. The second-order valence-electron chi connectivity index (χ2n) is 4.53. The number of nitrogens with one attached hydrogen (secondary N) is 2. The number of amides is 2. The van der Waals surface area contributed by atoms with Crippen LogP contribution < -0.4 is 16.4 Å². The SMILES string of the molecule is CCC(CCN)NC(=O)NC(C)(C)C. The molecule has 2 amide bonds. The van der Waals surface area contributed by atoms with Gasteiger partial charge in [-0.3, -0.25) is 0 Å². The number of rotatable bonds is 4. The molecule has 0 aliphatic heterocycles. The number of hydrogen-bond donors (Lipinski definition) is 3. The molecule has 4 heteroatoms. The average Bonchev–Trinajstić information content (AvgIpc) is 2.00. The number of hydrogen-bond acceptors (Lipinski definition) is 2. The molecular formula is C10H23N3O. The van der Waals surface area contributed by atoms with Crippen molar-refractivity contribution in [1.82, 2.24) is 10.6 Å². The molecule has 0 aromatic rings. The van der Waals surface area contributed by atoms with Crippen LogP contribution in [0.1, 0.15) is 40.5 Å². The Morgan fingerprint density at radius 3 is 2.36 bits per heavy atom. The van der Waals surface area contributed by atoms with Crippen LogP contribution in [-0.2, 0) is 0 Å². The fourth-order valence-electron chi connectivity index (χ4n) is 1.14. The molecule has 0 fully saturated rings. The van der Waals surface area contributed by atoms with E-state index in [2.05, 4.69) is 10.6 Å². The fraction of sp³-hybridized carbons (Fsp3) is 0.900. The molecule has 0 saturated carbocycles. The number of carbonyl (C=O) groups excluding carboxylic acids is 1. The highest BCUT2D eigenvalue weighted by Gasteiger charge is 2.15. The van der Waals surface area contributed by atoms with Crippen molar-refractivity contribution in [1.29, 1.82) is 0 Å². The Morgan fingerprint density at radius 1 is 1.43 bits per heavy atom. The lowest BCUT2D eigenvalue weighted by Gasteiger charge is -2.23. The highest BCUT2D eigenvalue weighted by atomic mass is 16.2. The Balaban J connectivity index is 3.91. The van der Waals surface area contributed by atoms with E-state index in [0.717, 1.165) is 12.8 Å². The first-order valence-corrected chi connectivity index (χ1v) is 5.17. The summed E-state index contributed by atoms with van der Waals surface area (Å²) in [5.41, 5.74) is 5.25. The third-order valence-corrected chi connectivity index (χ3v) is 1.83. The van der Waals surface area contributed by atoms with E-state index in [1.165, 1.54) is 0 Å². The summed E-state index contributed by atoms with van der Waals surface area (Å²) in [6.07, 6.45) is 1.74. The van der Waals surface area contributed by atoms with Gasteiger partial charge in [-0.15, -0.1) is 0 Å². The first kappa shape index (κ1) is 13.2. The molecule has 1 atom stereocenters. The van der Waals surface area contributed by atoms with Gasteiger partial charge in [0.25, 0.3) is 0 Å². The zero-order chi connectivity index (χ0) is 11.2. The lowest BCUT2D eigenvalue weighted by Crippen LogP contribution is -2.49. The maximum absolute atomic E-state index is 11.4. The molecule has 4 nitrogen and oxygen atoms in total. The Labute approximate surface area is 86.6 Å². The molecule has 0 radical (unpaired) electrons. The van der Waals surface area contributed by atoms with Gasteiger partial charge in [0.15, 0.2) is 0 Å². The Morgan fingerprint density at radius 2 is 2.00 bits per heavy atom. The van der Waals surface area contributed by atoms with E-state index < -0.39 is 0 Å². The normalized spacial score (nSPS) is 13.5. The van der Waals surface area contributed by atoms with Crippen LogP contribution in [0.3, 0.4) is 0 Å². The van der Waals surface area contributed by atoms with Gasteiger partial charge < -0.3 is 16.4 Å². The summed E-state index contributed by atoms with van der Waals surface area (Å²) >= 11 is 0. The predicted molar refractivity (Wildman–Crippen MR) is 59.2 cm³/mol. The molecule has 0 aromatic heterocycles. The average molecular weight is 201 g/mol. The van der Waals surface area contributed by atoms with Crippen LogP contribution in [-0.4, -0.2) is 24.2 Å². The van der Waals surface area contributed by atoms with E-state index in [9.17, 15) is 4.79 Å². The first-order chi connectivity index (χ1) is 6.39. The lowest BCUT2D eigenvalue weighted by atomic mass is 10.1. The minimum absolute atomic E-state index is 0.113. The van der Waals surface area contributed by atoms with Gasteiger partial charge in [0.05, 0.1) is 0 Å². The van der Waals surface area contributed by atoms with Crippen molar-refractivity contribution in [2.24, 2.45) is 5.73 Å². The fourth-order valence-corrected chi connectivity index (χ4v) is 1.14. The van der Waals surface area contributed by atoms with Crippen molar-refractivity contribution in [2.75, 3.05) is 6.54 Å². The number of carbonyl (C=O) groups is 1. The van der Waals surface area contributed by atoms with Crippen molar-refractivity contribution < 1.29 is 4.79 Å². The molecule has 84 valence electrons. The summed E-state index contributed by atoms with van der Waals surface area (Å²) in [5.74, 6) is 0. The van der Waals surface area contributed by atoms with Gasteiger partial charge in [-0.2, -0.15) is 0 Å². The van der Waals surface area contributed by atoms with Crippen molar-refractivity contribution in [3.05, 3.63) is 0 Å².